The molecule has 0 heterocycles. The molecule has 0 amide bonds. The van der Waals surface area contributed by atoms with Crippen molar-refractivity contribution in [1.82, 2.24) is 0 Å². The highest BCUT2D eigenvalue weighted by atomic mass is 32.2. The molecular weight excluding hydrogens is 242 g/mol. The molecule has 0 aliphatic heterocycles. The van der Waals surface area contributed by atoms with Gasteiger partial charge in [-0.15, -0.1) is 0 Å². The van der Waals surface area contributed by atoms with Gasteiger partial charge in [-0.2, -0.15) is 0 Å². The van der Waals surface area contributed by atoms with Gasteiger partial charge in [0.15, 0.2) is 0 Å². The third-order valence-corrected chi connectivity index (χ3v) is 3.02. The Morgan fingerprint density at radius 2 is 1.47 bits per heavy atom. The number of hydrogen-bond acceptors (Lipinski definition) is 2. The first kappa shape index (κ1) is 11.8. The molecule has 0 fully saturated rings. The molecule has 0 spiro atoms. The number of thioether (sulfide) groups is 1. The molecule has 0 aromatic heterocycles. The summed E-state index contributed by atoms with van der Waals surface area (Å²) in [5.74, 6) is -1.67. The van der Waals surface area contributed by atoms with Gasteiger partial charge in [0.25, 0.3) is 0 Å². The predicted octanol–water partition coefficient (Wildman–Crippen LogP) is 3.90. The number of halogens is 2. The van der Waals surface area contributed by atoms with E-state index in [1.807, 2.05) is 0 Å². The Hall–Kier alpha value is -1.68. The molecule has 1 nitrogen and oxygen atoms in total. The van der Waals surface area contributed by atoms with Gasteiger partial charge in [-0.1, -0.05) is 24.3 Å². The summed E-state index contributed by atoms with van der Waals surface area (Å²) < 4.78 is 26.7. The van der Waals surface area contributed by atoms with Crippen molar-refractivity contribution in [2.45, 2.75) is 4.90 Å². The molecule has 0 unspecified atom stereocenters. The van der Waals surface area contributed by atoms with Crippen molar-refractivity contribution >= 4 is 16.9 Å². The van der Waals surface area contributed by atoms with Gasteiger partial charge >= 0.3 is 0 Å². The van der Waals surface area contributed by atoms with Gasteiger partial charge in [-0.3, -0.25) is 4.79 Å². The van der Waals surface area contributed by atoms with E-state index in [9.17, 15) is 13.6 Å². The second-order valence-electron chi connectivity index (χ2n) is 3.30. The third-order valence-electron chi connectivity index (χ3n) is 2.12. The van der Waals surface area contributed by atoms with E-state index in [0.717, 1.165) is 23.9 Å². The van der Waals surface area contributed by atoms with Crippen molar-refractivity contribution in [3.63, 3.8) is 0 Å². The fraction of sp³-hybridized carbons (Fsp3) is 0. The first-order valence-electron chi connectivity index (χ1n) is 4.90. The summed E-state index contributed by atoms with van der Waals surface area (Å²) in [6.45, 7) is 0. The lowest BCUT2D eigenvalue weighted by Crippen LogP contribution is -2.01. The maximum atomic E-state index is 13.3. The first-order chi connectivity index (χ1) is 8.18. The van der Waals surface area contributed by atoms with E-state index in [0.29, 0.717) is 4.90 Å². The summed E-state index contributed by atoms with van der Waals surface area (Å²) in [6.07, 6.45) is 0. The Bertz CT molecular complexity index is 520. The molecular formula is C13H8F2OS. The Labute approximate surface area is 101 Å². The average molecular weight is 250 g/mol. The third kappa shape index (κ3) is 2.71. The fourth-order valence-electron chi connectivity index (χ4n) is 1.34. The van der Waals surface area contributed by atoms with Crippen LogP contribution in [-0.2, 0) is 0 Å². The maximum Gasteiger partial charge on any atom is 0.230 e. The highest BCUT2D eigenvalue weighted by Gasteiger charge is 2.17. The Kier molecular flexibility index (Phi) is 3.54. The molecule has 86 valence electrons. The molecule has 4 heteroatoms. The standard InChI is InChI=1S/C13H8F2OS/c14-10-7-4-8-11(15)12(10)13(16)17-9-5-2-1-3-6-9/h1-8H. The fourth-order valence-corrected chi connectivity index (χ4v) is 2.14. The Morgan fingerprint density at radius 1 is 0.882 bits per heavy atom. The molecule has 17 heavy (non-hydrogen) atoms. The molecule has 0 aliphatic carbocycles. The van der Waals surface area contributed by atoms with Crippen LogP contribution in [0.2, 0.25) is 0 Å². The van der Waals surface area contributed by atoms with Gasteiger partial charge in [0.05, 0.1) is 0 Å². The quantitative estimate of drug-likeness (QED) is 0.752. The van der Waals surface area contributed by atoms with Crippen LogP contribution in [-0.4, -0.2) is 5.12 Å². The molecule has 0 saturated heterocycles. The van der Waals surface area contributed by atoms with Gasteiger partial charge in [-0.25, -0.2) is 8.78 Å². The van der Waals surface area contributed by atoms with Crippen LogP contribution in [0.5, 0.6) is 0 Å². The van der Waals surface area contributed by atoms with Crippen molar-refractivity contribution in [3.8, 4) is 0 Å². The van der Waals surface area contributed by atoms with E-state index in [1.165, 1.54) is 6.07 Å². The van der Waals surface area contributed by atoms with Gasteiger partial charge in [-0.05, 0) is 36.0 Å². The first-order valence-corrected chi connectivity index (χ1v) is 5.71. The van der Waals surface area contributed by atoms with Crippen molar-refractivity contribution in [3.05, 3.63) is 65.7 Å². The molecule has 0 N–H and O–H groups in total. The summed E-state index contributed by atoms with van der Waals surface area (Å²) in [6, 6.07) is 12.1. The number of carbonyl (C=O) groups is 1. The van der Waals surface area contributed by atoms with Gasteiger partial charge < -0.3 is 0 Å². The molecule has 2 aromatic rings. The van der Waals surface area contributed by atoms with Crippen LogP contribution in [0.4, 0.5) is 8.78 Å². The molecule has 0 saturated carbocycles. The van der Waals surface area contributed by atoms with E-state index in [2.05, 4.69) is 0 Å². The van der Waals surface area contributed by atoms with Crippen molar-refractivity contribution in [1.29, 1.82) is 0 Å². The van der Waals surface area contributed by atoms with Gasteiger partial charge in [0.1, 0.15) is 17.2 Å². The minimum atomic E-state index is -0.835. The molecule has 0 aliphatic rings. The lowest BCUT2D eigenvalue weighted by molar-refractivity contribution is 0.108. The van der Waals surface area contributed by atoms with Crippen LogP contribution in [0.25, 0.3) is 0 Å². The molecule has 0 bridgehead atoms. The van der Waals surface area contributed by atoms with E-state index in [4.69, 9.17) is 0 Å². The van der Waals surface area contributed by atoms with Gasteiger partial charge in [0.2, 0.25) is 5.12 Å². The zero-order chi connectivity index (χ0) is 12.3. The summed E-state index contributed by atoms with van der Waals surface area (Å²) >= 11 is 0.806. The summed E-state index contributed by atoms with van der Waals surface area (Å²) in [5, 5.41) is -0.633. The smallest absolute Gasteiger partial charge is 0.230 e. The number of hydrogen-bond donors (Lipinski definition) is 0. The Morgan fingerprint density at radius 3 is 2.06 bits per heavy atom. The topological polar surface area (TPSA) is 17.1 Å². The van der Waals surface area contributed by atoms with Crippen molar-refractivity contribution in [2.24, 2.45) is 0 Å². The number of carbonyl (C=O) groups excluding carboxylic acids is 1. The molecule has 0 radical (unpaired) electrons. The van der Waals surface area contributed by atoms with Crippen LogP contribution in [0.15, 0.2) is 53.4 Å². The average Bonchev–Trinajstić information content (AvgIpc) is 2.30. The number of rotatable bonds is 2. The second kappa shape index (κ2) is 5.10. The lowest BCUT2D eigenvalue weighted by atomic mass is 10.2. The second-order valence-corrected chi connectivity index (χ2v) is 4.35. The van der Waals surface area contributed by atoms with Crippen LogP contribution in [0, 0.1) is 11.6 Å². The normalized spacial score (nSPS) is 10.2. The minimum Gasteiger partial charge on any atom is -0.281 e. The SMILES string of the molecule is O=C(Sc1ccccc1)c1c(F)cccc1F. The summed E-state index contributed by atoms with van der Waals surface area (Å²) in [4.78, 5) is 12.4. The molecule has 2 rings (SSSR count). The van der Waals surface area contributed by atoms with Crippen LogP contribution in [0.3, 0.4) is 0 Å². The summed E-state index contributed by atoms with van der Waals surface area (Å²) in [5.41, 5.74) is -0.499. The maximum absolute atomic E-state index is 13.3. The molecule has 0 atom stereocenters. The monoisotopic (exact) mass is 250 g/mol. The van der Waals surface area contributed by atoms with Crippen LogP contribution >= 0.6 is 11.8 Å². The van der Waals surface area contributed by atoms with E-state index in [-0.39, 0.29) is 0 Å². The van der Waals surface area contributed by atoms with E-state index < -0.39 is 22.3 Å². The summed E-state index contributed by atoms with van der Waals surface area (Å²) in [7, 11) is 0. The van der Waals surface area contributed by atoms with Crippen LogP contribution in [0.1, 0.15) is 10.4 Å². The molecule has 2 aromatic carbocycles. The lowest BCUT2D eigenvalue weighted by Gasteiger charge is -2.03. The van der Waals surface area contributed by atoms with Gasteiger partial charge in [0, 0.05) is 4.90 Å². The highest BCUT2D eigenvalue weighted by molar-refractivity contribution is 8.14. The highest BCUT2D eigenvalue weighted by Crippen LogP contribution is 2.25. The number of benzene rings is 2. The zero-order valence-corrected chi connectivity index (χ0v) is 9.51. The minimum absolute atomic E-state index is 0.499. The van der Waals surface area contributed by atoms with E-state index >= 15 is 0 Å². The Balaban J connectivity index is 2.27. The van der Waals surface area contributed by atoms with Crippen molar-refractivity contribution in [2.75, 3.05) is 0 Å². The van der Waals surface area contributed by atoms with E-state index in [1.54, 1.807) is 30.3 Å². The largest absolute Gasteiger partial charge is 0.281 e. The zero-order valence-electron chi connectivity index (χ0n) is 8.69. The van der Waals surface area contributed by atoms with Crippen LogP contribution < -0.4 is 0 Å². The predicted molar refractivity (Wildman–Crippen MR) is 63.0 cm³/mol. The van der Waals surface area contributed by atoms with Crippen molar-refractivity contribution < 1.29 is 13.6 Å².